The Kier molecular flexibility index (Phi) is 3.40. The van der Waals surface area contributed by atoms with Crippen molar-refractivity contribution >= 4 is 32.6 Å². The average molecular weight is 410 g/mol. The molecule has 0 amide bonds. The van der Waals surface area contributed by atoms with Gasteiger partial charge in [-0.3, -0.25) is 0 Å². The predicted molar refractivity (Wildman–Crippen MR) is 136 cm³/mol. The van der Waals surface area contributed by atoms with Gasteiger partial charge in [-0.1, -0.05) is 74.5 Å². The van der Waals surface area contributed by atoms with Crippen LogP contribution in [0.1, 0.15) is 25.0 Å². The lowest BCUT2D eigenvalue weighted by molar-refractivity contribution is 0.661. The first-order valence-corrected chi connectivity index (χ1v) is 11.3. The Hall–Kier alpha value is -3.84. The van der Waals surface area contributed by atoms with Gasteiger partial charge in [-0.25, -0.2) is 0 Å². The number of rotatable bonds is 1. The van der Waals surface area contributed by atoms with Gasteiger partial charge in [0.05, 0.1) is 11.0 Å². The van der Waals surface area contributed by atoms with Crippen LogP contribution in [0.25, 0.3) is 49.4 Å². The molecule has 0 saturated heterocycles. The van der Waals surface area contributed by atoms with Gasteiger partial charge in [0, 0.05) is 21.9 Å². The molecule has 0 radical (unpaired) electrons. The minimum absolute atomic E-state index is 0.0151. The summed E-state index contributed by atoms with van der Waals surface area (Å²) in [7, 11) is 0. The van der Waals surface area contributed by atoms with Gasteiger partial charge in [-0.2, -0.15) is 0 Å². The summed E-state index contributed by atoms with van der Waals surface area (Å²) in [5.74, 6) is 0. The van der Waals surface area contributed by atoms with Gasteiger partial charge in [-0.05, 0) is 75.5 Å². The van der Waals surface area contributed by atoms with Crippen molar-refractivity contribution in [3.8, 4) is 16.8 Å². The molecule has 1 aliphatic carbocycles. The monoisotopic (exact) mass is 409 g/mol. The molecule has 0 bridgehead atoms. The maximum Gasteiger partial charge on any atom is 0.0547 e. The summed E-state index contributed by atoms with van der Waals surface area (Å²) in [6, 6.07) is 37.9. The zero-order chi connectivity index (χ0) is 21.4. The Balaban J connectivity index is 1.61. The van der Waals surface area contributed by atoms with Crippen LogP contribution < -0.4 is 0 Å². The van der Waals surface area contributed by atoms with Crippen LogP contribution in [0.3, 0.4) is 0 Å². The molecule has 1 aliphatic rings. The maximum absolute atomic E-state index is 2.43. The van der Waals surface area contributed by atoms with Crippen LogP contribution in [-0.4, -0.2) is 4.57 Å². The molecule has 6 aromatic rings. The molecule has 0 saturated carbocycles. The zero-order valence-corrected chi connectivity index (χ0v) is 18.3. The second-order valence-corrected chi connectivity index (χ2v) is 9.47. The fourth-order valence-corrected chi connectivity index (χ4v) is 5.77. The van der Waals surface area contributed by atoms with Crippen LogP contribution in [0.5, 0.6) is 0 Å². The van der Waals surface area contributed by atoms with Gasteiger partial charge in [0.15, 0.2) is 0 Å². The summed E-state index contributed by atoms with van der Waals surface area (Å²) in [6.45, 7) is 4.70. The molecule has 152 valence electrons. The summed E-state index contributed by atoms with van der Waals surface area (Å²) in [4.78, 5) is 0. The van der Waals surface area contributed by atoms with Crippen LogP contribution in [0.15, 0.2) is 103 Å². The average Bonchev–Trinajstić information content (AvgIpc) is 3.26. The molecule has 0 N–H and O–H groups in total. The summed E-state index contributed by atoms with van der Waals surface area (Å²) in [6.07, 6.45) is 0. The van der Waals surface area contributed by atoms with Crippen molar-refractivity contribution in [1.29, 1.82) is 0 Å². The van der Waals surface area contributed by atoms with Crippen molar-refractivity contribution in [1.82, 2.24) is 4.57 Å². The van der Waals surface area contributed by atoms with Gasteiger partial charge in [0.1, 0.15) is 0 Å². The van der Waals surface area contributed by atoms with Gasteiger partial charge < -0.3 is 4.57 Å². The number of para-hydroxylation sites is 2. The van der Waals surface area contributed by atoms with Crippen LogP contribution >= 0.6 is 0 Å². The van der Waals surface area contributed by atoms with Crippen molar-refractivity contribution in [2.24, 2.45) is 0 Å². The Morgan fingerprint density at radius 2 is 1.25 bits per heavy atom. The Morgan fingerprint density at radius 1 is 0.531 bits per heavy atom. The number of benzene rings is 5. The van der Waals surface area contributed by atoms with Gasteiger partial charge in [-0.15, -0.1) is 0 Å². The van der Waals surface area contributed by atoms with Crippen LogP contribution in [-0.2, 0) is 5.41 Å². The lowest BCUT2D eigenvalue weighted by Crippen LogP contribution is -2.14. The molecule has 1 heteroatoms. The topological polar surface area (TPSA) is 4.93 Å². The fraction of sp³-hybridized carbons (Fsp3) is 0.0968. The molecule has 1 heterocycles. The molecule has 1 nitrogen and oxygen atoms in total. The smallest absolute Gasteiger partial charge is 0.0547 e. The van der Waals surface area contributed by atoms with Crippen molar-refractivity contribution in [2.45, 2.75) is 19.3 Å². The van der Waals surface area contributed by atoms with E-state index in [1.165, 1.54) is 60.5 Å². The molecule has 0 spiro atoms. The van der Waals surface area contributed by atoms with E-state index in [0.29, 0.717) is 0 Å². The van der Waals surface area contributed by atoms with Crippen molar-refractivity contribution < 1.29 is 0 Å². The first kappa shape index (κ1) is 17.8. The Morgan fingerprint density at radius 3 is 2.12 bits per heavy atom. The van der Waals surface area contributed by atoms with E-state index in [0.717, 1.165) is 0 Å². The van der Waals surface area contributed by atoms with E-state index in [1.807, 2.05) is 0 Å². The van der Waals surface area contributed by atoms with Crippen molar-refractivity contribution in [3.63, 3.8) is 0 Å². The SMILES string of the molecule is CC1(C)c2ccccc2-c2cc3cc4c5ccccc5n(-c5ccccc5)c4cc3cc21. The number of fused-ring (bicyclic) bond motifs is 7. The number of hydrogen-bond acceptors (Lipinski definition) is 0. The van der Waals surface area contributed by atoms with E-state index in [9.17, 15) is 0 Å². The second kappa shape index (κ2) is 6.11. The normalized spacial score (nSPS) is 14.2. The van der Waals surface area contributed by atoms with Crippen molar-refractivity contribution in [3.05, 3.63) is 114 Å². The quantitative estimate of drug-likeness (QED) is 0.258. The van der Waals surface area contributed by atoms with Crippen molar-refractivity contribution in [2.75, 3.05) is 0 Å². The molecule has 0 atom stereocenters. The molecular formula is C31H23N. The highest BCUT2D eigenvalue weighted by Crippen LogP contribution is 2.50. The highest BCUT2D eigenvalue weighted by Gasteiger charge is 2.35. The van der Waals surface area contributed by atoms with Crippen LogP contribution in [0.4, 0.5) is 0 Å². The highest BCUT2D eigenvalue weighted by molar-refractivity contribution is 6.14. The fourth-order valence-electron chi connectivity index (χ4n) is 5.77. The first-order chi connectivity index (χ1) is 15.6. The van der Waals surface area contributed by atoms with E-state index in [4.69, 9.17) is 0 Å². The summed E-state index contributed by atoms with van der Waals surface area (Å²) in [5, 5.41) is 5.22. The molecule has 1 aromatic heterocycles. The second-order valence-electron chi connectivity index (χ2n) is 9.47. The van der Waals surface area contributed by atoms with E-state index < -0.39 is 0 Å². The lowest BCUT2D eigenvalue weighted by atomic mass is 9.82. The first-order valence-electron chi connectivity index (χ1n) is 11.3. The lowest BCUT2D eigenvalue weighted by Gasteiger charge is -2.21. The highest BCUT2D eigenvalue weighted by atomic mass is 15.0. The van der Waals surface area contributed by atoms with E-state index in [1.54, 1.807) is 0 Å². The third kappa shape index (κ3) is 2.23. The molecule has 32 heavy (non-hydrogen) atoms. The van der Waals surface area contributed by atoms with Gasteiger partial charge in [0.25, 0.3) is 0 Å². The van der Waals surface area contributed by atoms with Gasteiger partial charge in [0.2, 0.25) is 0 Å². The number of aromatic nitrogens is 1. The Labute approximate surface area is 187 Å². The Bertz CT molecular complexity index is 1680. The number of nitrogens with zero attached hydrogens (tertiary/aromatic N) is 1. The molecule has 5 aromatic carbocycles. The van der Waals surface area contributed by atoms with Gasteiger partial charge >= 0.3 is 0 Å². The van der Waals surface area contributed by atoms with E-state index >= 15 is 0 Å². The molecule has 7 rings (SSSR count). The largest absolute Gasteiger partial charge is 0.309 e. The summed E-state index contributed by atoms with van der Waals surface area (Å²) in [5.41, 5.74) is 9.33. The molecular weight excluding hydrogens is 386 g/mol. The van der Waals surface area contributed by atoms with E-state index in [2.05, 4.69) is 122 Å². The maximum atomic E-state index is 2.43. The summed E-state index contributed by atoms with van der Waals surface area (Å²) < 4.78 is 2.40. The molecule has 0 unspecified atom stereocenters. The minimum atomic E-state index is 0.0151. The van der Waals surface area contributed by atoms with E-state index in [-0.39, 0.29) is 5.41 Å². The zero-order valence-electron chi connectivity index (χ0n) is 18.3. The third-order valence-electron chi connectivity index (χ3n) is 7.35. The van der Waals surface area contributed by atoms with Crippen LogP contribution in [0.2, 0.25) is 0 Å². The number of hydrogen-bond donors (Lipinski definition) is 0. The minimum Gasteiger partial charge on any atom is -0.309 e. The standard InChI is InChI=1S/C31H23N/c1-31(2)27-14-8-6-12-23(27)25-16-20-17-26-24-13-7-9-15-29(24)32(22-10-4-3-5-11-22)30(26)19-21(20)18-28(25)31/h3-19H,1-2H3. The summed E-state index contributed by atoms with van der Waals surface area (Å²) >= 11 is 0. The predicted octanol–water partition coefficient (Wildman–Crippen LogP) is 8.24. The molecule has 0 fully saturated rings. The molecule has 0 aliphatic heterocycles. The third-order valence-corrected chi connectivity index (χ3v) is 7.35. The van der Waals surface area contributed by atoms with Crippen LogP contribution in [0, 0.1) is 0 Å².